The second kappa shape index (κ2) is 6.34. The summed E-state index contributed by atoms with van der Waals surface area (Å²) in [5, 5.41) is 0. The number of ether oxygens (including phenoxy) is 2. The van der Waals surface area contributed by atoms with E-state index in [2.05, 4.69) is 0 Å². The molecule has 0 amide bonds. The zero-order valence-corrected chi connectivity index (χ0v) is 11.0. The van der Waals surface area contributed by atoms with E-state index in [-0.39, 0.29) is 12.3 Å². The Bertz CT molecular complexity index is 590. The average molecular weight is 279 g/mol. The first-order valence-electron chi connectivity index (χ1n) is 6.09. The third-order valence-electron chi connectivity index (χ3n) is 2.84. The van der Waals surface area contributed by atoms with E-state index < -0.39 is 17.7 Å². The number of benzene rings is 2. The van der Waals surface area contributed by atoms with Gasteiger partial charge in [0.25, 0.3) is 0 Å². The minimum atomic E-state index is -0.632. The van der Waals surface area contributed by atoms with Crippen LogP contribution in [0.4, 0.5) is 8.78 Å². The molecular weight excluding hydrogens is 264 g/mol. The molecule has 2 aromatic carbocycles. The molecule has 0 saturated heterocycles. The van der Waals surface area contributed by atoms with Crippen LogP contribution in [0, 0.1) is 11.6 Å². The highest BCUT2D eigenvalue weighted by Gasteiger charge is 2.15. The van der Waals surface area contributed by atoms with Crippen LogP contribution in [0.15, 0.2) is 42.5 Å². The summed E-state index contributed by atoms with van der Waals surface area (Å²) in [6.07, 6.45) is -0.582. The number of halogens is 2. The second-order valence-electron chi connectivity index (χ2n) is 4.19. The number of hydrogen-bond acceptors (Lipinski definition) is 3. The van der Waals surface area contributed by atoms with E-state index in [1.807, 2.05) is 0 Å². The normalized spacial score (nSPS) is 12.0. The molecule has 3 nitrogen and oxygen atoms in total. The van der Waals surface area contributed by atoms with E-state index in [9.17, 15) is 8.78 Å². The molecule has 1 unspecified atom stereocenters. The largest absolute Gasteiger partial charge is 0.497 e. The molecule has 0 aliphatic carbocycles. The van der Waals surface area contributed by atoms with Gasteiger partial charge >= 0.3 is 0 Å². The Kier molecular flexibility index (Phi) is 4.53. The molecule has 2 rings (SSSR count). The number of nitrogens with two attached hydrogens (primary N) is 1. The Hall–Kier alpha value is -2.14. The van der Waals surface area contributed by atoms with Crippen LogP contribution in [0.3, 0.4) is 0 Å². The van der Waals surface area contributed by atoms with Gasteiger partial charge in [-0.1, -0.05) is 12.1 Å². The lowest BCUT2D eigenvalue weighted by molar-refractivity contribution is 0.203. The summed E-state index contributed by atoms with van der Waals surface area (Å²) in [7, 11) is 1.55. The van der Waals surface area contributed by atoms with Crippen molar-refractivity contribution < 1.29 is 18.3 Å². The van der Waals surface area contributed by atoms with E-state index in [4.69, 9.17) is 15.2 Å². The first kappa shape index (κ1) is 14.3. The SMILES string of the molecule is COc1cccc(C(CN)Oc2cc(F)ccc2F)c1. The Morgan fingerprint density at radius 3 is 2.65 bits per heavy atom. The zero-order valence-electron chi connectivity index (χ0n) is 11.0. The minimum absolute atomic E-state index is 0.128. The van der Waals surface area contributed by atoms with Crippen molar-refractivity contribution >= 4 is 0 Å². The number of rotatable bonds is 5. The average Bonchev–Trinajstić information content (AvgIpc) is 2.48. The molecule has 20 heavy (non-hydrogen) atoms. The molecule has 5 heteroatoms. The molecule has 2 aromatic rings. The summed E-state index contributed by atoms with van der Waals surface area (Å²) in [6, 6.07) is 10.1. The Morgan fingerprint density at radius 2 is 1.95 bits per heavy atom. The van der Waals surface area contributed by atoms with Gasteiger partial charge in [-0.05, 0) is 29.8 Å². The lowest BCUT2D eigenvalue weighted by Gasteiger charge is -2.18. The molecule has 0 aliphatic rings. The van der Waals surface area contributed by atoms with Gasteiger partial charge in [-0.3, -0.25) is 0 Å². The monoisotopic (exact) mass is 279 g/mol. The van der Waals surface area contributed by atoms with Gasteiger partial charge in [-0.15, -0.1) is 0 Å². The van der Waals surface area contributed by atoms with Gasteiger partial charge in [-0.25, -0.2) is 8.78 Å². The maximum absolute atomic E-state index is 13.6. The minimum Gasteiger partial charge on any atom is -0.497 e. The number of methoxy groups -OCH3 is 1. The summed E-state index contributed by atoms with van der Waals surface area (Å²) < 4.78 is 37.3. The first-order valence-corrected chi connectivity index (χ1v) is 6.09. The summed E-state index contributed by atoms with van der Waals surface area (Å²) in [5.41, 5.74) is 6.38. The molecule has 0 aliphatic heterocycles. The molecule has 2 N–H and O–H groups in total. The predicted octanol–water partition coefficient (Wildman–Crippen LogP) is 3.05. The van der Waals surface area contributed by atoms with Crippen molar-refractivity contribution in [2.45, 2.75) is 6.10 Å². The van der Waals surface area contributed by atoms with Crippen LogP contribution in [0.1, 0.15) is 11.7 Å². The zero-order chi connectivity index (χ0) is 14.5. The van der Waals surface area contributed by atoms with Crippen molar-refractivity contribution in [3.05, 3.63) is 59.7 Å². The van der Waals surface area contributed by atoms with E-state index in [0.29, 0.717) is 5.75 Å². The van der Waals surface area contributed by atoms with Gasteiger partial charge in [0.15, 0.2) is 11.6 Å². The third-order valence-corrected chi connectivity index (χ3v) is 2.84. The van der Waals surface area contributed by atoms with Gasteiger partial charge in [0, 0.05) is 12.6 Å². The van der Waals surface area contributed by atoms with Crippen molar-refractivity contribution in [2.75, 3.05) is 13.7 Å². The molecule has 0 spiro atoms. The van der Waals surface area contributed by atoms with Gasteiger partial charge in [0.05, 0.1) is 7.11 Å². The van der Waals surface area contributed by atoms with Crippen LogP contribution in [0.25, 0.3) is 0 Å². The quantitative estimate of drug-likeness (QED) is 0.915. The van der Waals surface area contributed by atoms with Crippen molar-refractivity contribution in [3.63, 3.8) is 0 Å². The van der Waals surface area contributed by atoms with Gasteiger partial charge in [0.1, 0.15) is 17.7 Å². The molecule has 0 aromatic heterocycles. The number of hydrogen-bond donors (Lipinski definition) is 1. The van der Waals surface area contributed by atoms with Gasteiger partial charge < -0.3 is 15.2 Å². The smallest absolute Gasteiger partial charge is 0.165 e. The van der Waals surface area contributed by atoms with Gasteiger partial charge in [0.2, 0.25) is 0 Å². The summed E-state index contributed by atoms with van der Waals surface area (Å²) in [6.45, 7) is 0.128. The summed E-state index contributed by atoms with van der Waals surface area (Å²) in [5.74, 6) is -0.719. The predicted molar refractivity (Wildman–Crippen MR) is 71.8 cm³/mol. The van der Waals surface area contributed by atoms with E-state index in [0.717, 1.165) is 23.8 Å². The summed E-state index contributed by atoms with van der Waals surface area (Å²) >= 11 is 0. The maximum Gasteiger partial charge on any atom is 0.165 e. The first-order chi connectivity index (χ1) is 9.63. The summed E-state index contributed by atoms with van der Waals surface area (Å²) in [4.78, 5) is 0. The molecule has 106 valence electrons. The second-order valence-corrected chi connectivity index (χ2v) is 4.19. The molecule has 0 fully saturated rings. The van der Waals surface area contributed by atoms with Crippen LogP contribution in [0.5, 0.6) is 11.5 Å². The molecule has 0 saturated carbocycles. The van der Waals surface area contributed by atoms with Crippen molar-refractivity contribution in [1.82, 2.24) is 0 Å². The van der Waals surface area contributed by atoms with Crippen LogP contribution in [0.2, 0.25) is 0 Å². The van der Waals surface area contributed by atoms with Crippen LogP contribution in [-0.4, -0.2) is 13.7 Å². The molecule has 0 bridgehead atoms. The topological polar surface area (TPSA) is 44.5 Å². The van der Waals surface area contributed by atoms with E-state index >= 15 is 0 Å². The molecule has 0 heterocycles. The molecule has 0 radical (unpaired) electrons. The van der Waals surface area contributed by atoms with Crippen LogP contribution in [-0.2, 0) is 0 Å². The fraction of sp³-hybridized carbons (Fsp3) is 0.200. The van der Waals surface area contributed by atoms with Crippen LogP contribution >= 0.6 is 0 Å². The van der Waals surface area contributed by atoms with E-state index in [1.54, 1.807) is 31.4 Å². The highest BCUT2D eigenvalue weighted by molar-refractivity contribution is 5.32. The van der Waals surface area contributed by atoms with Crippen molar-refractivity contribution in [3.8, 4) is 11.5 Å². The maximum atomic E-state index is 13.6. The van der Waals surface area contributed by atoms with Gasteiger partial charge in [-0.2, -0.15) is 0 Å². The Labute approximate surface area is 115 Å². The lowest BCUT2D eigenvalue weighted by Crippen LogP contribution is -2.19. The Morgan fingerprint density at radius 1 is 1.15 bits per heavy atom. The standard InChI is InChI=1S/C15H15F2NO2/c1-19-12-4-2-3-10(7-12)15(9-18)20-14-8-11(16)5-6-13(14)17/h2-8,15H,9,18H2,1H3. The molecular formula is C15H15F2NO2. The van der Waals surface area contributed by atoms with E-state index in [1.165, 1.54) is 0 Å². The fourth-order valence-corrected chi connectivity index (χ4v) is 1.81. The lowest BCUT2D eigenvalue weighted by atomic mass is 10.1. The van der Waals surface area contributed by atoms with Crippen LogP contribution < -0.4 is 15.2 Å². The van der Waals surface area contributed by atoms with Crippen molar-refractivity contribution in [2.24, 2.45) is 5.73 Å². The Balaban J connectivity index is 2.26. The van der Waals surface area contributed by atoms with Crippen molar-refractivity contribution in [1.29, 1.82) is 0 Å². The molecule has 1 atom stereocenters. The fourth-order valence-electron chi connectivity index (χ4n) is 1.81. The highest BCUT2D eigenvalue weighted by Crippen LogP contribution is 2.26. The third kappa shape index (κ3) is 3.24. The highest BCUT2D eigenvalue weighted by atomic mass is 19.1.